The van der Waals surface area contributed by atoms with Gasteiger partial charge in [-0.15, -0.1) is 0 Å². The molecule has 0 aliphatic carbocycles. The van der Waals surface area contributed by atoms with Gasteiger partial charge in [-0.05, 0) is 34.4 Å². The van der Waals surface area contributed by atoms with Crippen LogP contribution in [0.15, 0.2) is 109 Å². The van der Waals surface area contributed by atoms with Gasteiger partial charge in [0.1, 0.15) is 19.3 Å². The van der Waals surface area contributed by atoms with Crippen molar-refractivity contribution in [1.82, 2.24) is 10.2 Å². The number of amides is 1. The number of piperazine rings is 1. The Bertz CT molecular complexity index is 1260. The lowest BCUT2D eigenvalue weighted by Crippen LogP contribution is -2.49. The Hall–Kier alpha value is -4.09. The van der Waals surface area contributed by atoms with Crippen LogP contribution in [0.1, 0.15) is 28.3 Å². The van der Waals surface area contributed by atoms with Crippen molar-refractivity contribution in [2.24, 2.45) is 0 Å². The summed E-state index contributed by atoms with van der Waals surface area (Å²) in [6.07, 6.45) is 0. The molecule has 1 fully saturated rings. The Labute approximate surface area is 212 Å². The number of carbonyl (C=O) groups is 1. The molecule has 1 N–H and O–H groups in total. The zero-order chi connectivity index (χ0) is 24.6. The maximum absolute atomic E-state index is 12.8. The minimum atomic E-state index is -0.317. The molecule has 4 aromatic rings. The molecule has 1 aliphatic heterocycles. The van der Waals surface area contributed by atoms with Gasteiger partial charge in [0.25, 0.3) is 0 Å². The first-order valence-electron chi connectivity index (χ1n) is 12.3. The third kappa shape index (κ3) is 5.93. The summed E-state index contributed by atoms with van der Waals surface area (Å²) in [6.45, 7) is 2.96. The van der Waals surface area contributed by atoms with Gasteiger partial charge in [0.05, 0.1) is 0 Å². The fraction of sp³-hybridized carbons (Fsp3) is 0.194. The fourth-order valence-corrected chi connectivity index (χ4v) is 4.47. The Morgan fingerprint density at radius 3 is 1.92 bits per heavy atom. The zero-order valence-electron chi connectivity index (χ0n) is 20.2. The van der Waals surface area contributed by atoms with Crippen LogP contribution in [0.2, 0.25) is 0 Å². The largest absolute Gasteiger partial charge is 0.485 e. The second-order valence-electron chi connectivity index (χ2n) is 8.90. The van der Waals surface area contributed by atoms with Crippen molar-refractivity contribution in [1.29, 1.82) is 0 Å². The van der Waals surface area contributed by atoms with Crippen LogP contribution in [0.5, 0.6) is 11.5 Å². The predicted octanol–water partition coefficient (Wildman–Crippen LogP) is 5.52. The molecule has 5 nitrogen and oxygen atoms in total. The van der Waals surface area contributed by atoms with Crippen molar-refractivity contribution >= 4 is 5.91 Å². The number of rotatable bonds is 9. The van der Waals surface area contributed by atoms with Gasteiger partial charge in [0, 0.05) is 19.6 Å². The van der Waals surface area contributed by atoms with E-state index in [-0.39, 0.29) is 11.9 Å². The molecule has 1 amide bonds. The molecular formula is C31H30N2O3. The predicted molar refractivity (Wildman–Crippen MR) is 141 cm³/mol. The molecule has 1 atom stereocenters. The Morgan fingerprint density at radius 1 is 0.694 bits per heavy atom. The molecule has 0 spiro atoms. The quantitative estimate of drug-likeness (QED) is 0.344. The number of benzene rings is 4. The van der Waals surface area contributed by atoms with Crippen LogP contribution < -0.4 is 14.8 Å². The second kappa shape index (κ2) is 11.6. The summed E-state index contributed by atoms with van der Waals surface area (Å²) in [7, 11) is 0. The van der Waals surface area contributed by atoms with E-state index in [0.717, 1.165) is 28.8 Å². The van der Waals surface area contributed by atoms with Crippen LogP contribution in [0.3, 0.4) is 0 Å². The van der Waals surface area contributed by atoms with Crippen molar-refractivity contribution in [3.05, 3.63) is 131 Å². The Kier molecular flexibility index (Phi) is 7.59. The standard InChI is InChI=1S/C31H30N2O3/c34-31-30(27-14-8-3-9-15-27)33(19-18-32-31)21-26-16-17-28(35-22-24-10-4-1-5-11-24)29(20-26)36-23-25-12-6-2-7-13-25/h1-17,20,30H,18-19,21-23H2,(H,32,34). The summed E-state index contributed by atoms with van der Waals surface area (Å²) in [5.41, 5.74) is 4.26. The number of ether oxygens (including phenoxy) is 2. The van der Waals surface area contributed by atoms with Gasteiger partial charge in [-0.1, -0.05) is 97.1 Å². The molecule has 182 valence electrons. The minimum absolute atomic E-state index is 0.0378. The molecular weight excluding hydrogens is 448 g/mol. The number of carbonyl (C=O) groups excluding carboxylic acids is 1. The molecule has 5 rings (SSSR count). The molecule has 0 radical (unpaired) electrons. The van der Waals surface area contributed by atoms with Crippen LogP contribution in [0.4, 0.5) is 0 Å². The molecule has 0 saturated carbocycles. The van der Waals surface area contributed by atoms with E-state index >= 15 is 0 Å². The van der Waals surface area contributed by atoms with Gasteiger partial charge in [-0.25, -0.2) is 0 Å². The first-order valence-corrected chi connectivity index (χ1v) is 12.3. The number of hydrogen-bond donors (Lipinski definition) is 1. The highest BCUT2D eigenvalue weighted by Gasteiger charge is 2.31. The van der Waals surface area contributed by atoms with Crippen LogP contribution in [-0.4, -0.2) is 23.9 Å². The number of nitrogens with zero attached hydrogens (tertiary/aromatic N) is 1. The molecule has 36 heavy (non-hydrogen) atoms. The zero-order valence-corrected chi connectivity index (χ0v) is 20.2. The number of hydrogen-bond acceptors (Lipinski definition) is 4. The Balaban J connectivity index is 1.37. The van der Waals surface area contributed by atoms with Crippen molar-refractivity contribution < 1.29 is 14.3 Å². The highest BCUT2D eigenvalue weighted by Crippen LogP contribution is 2.32. The van der Waals surface area contributed by atoms with E-state index < -0.39 is 0 Å². The molecule has 1 aliphatic rings. The van der Waals surface area contributed by atoms with E-state index in [2.05, 4.69) is 16.3 Å². The third-order valence-corrected chi connectivity index (χ3v) is 6.30. The molecule has 1 unspecified atom stereocenters. The first-order chi connectivity index (χ1) is 17.8. The summed E-state index contributed by atoms with van der Waals surface area (Å²) in [5, 5.41) is 3.01. The maximum Gasteiger partial charge on any atom is 0.242 e. The number of nitrogens with one attached hydrogen (secondary N) is 1. The van der Waals surface area contributed by atoms with Gasteiger partial charge in [-0.2, -0.15) is 0 Å². The molecule has 1 saturated heterocycles. The van der Waals surface area contributed by atoms with Gasteiger partial charge in [0.2, 0.25) is 5.91 Å². The molecule has 0 bridgehead atoms. The average Bonchev–Trinajstić information content (AvgIpc) is 2.93. The maximum atomic E-state index is 12.8. The van der Waals surface area contributed by atoms with Crippen LogP contribution in [-0.2, 0) is 24.6 Å². The summed E-state index contributed by atoms with van der Waals surface area (Å²) in [4.78, 5) is 15.0. The van der Waals surface area contributed by atoms with Crippen molar-refractivity contribution in [3.63, 3.8) is 0 Å². The highest BCUT2D eigenvalue weighted by atomic mass is 16.5. The average molecular weight is 479 g/mol. The van der Waals surface area contributed by atoms with E-state index in [1.165, 1.54) is 0 Å². The van der Waals surface area contributed by atoms with Gasteiger partial charge < -0.3 is 14.8 Å². The van der Waals surface area contributed by atoms with Gasteiger partial charge in [-0.3, -0.25) is 9.69 Å². The molecule has 5 heteroatoms. The summed E-state index contributed by atoms with van der Waals surface area (Å²) in [5.74, 6) is 1.44. The highest BCUT2D eigenvalue weighted by molar-refractivity contribution is 5.83. The molecule has 1 heterocycles. The van der Waals surface area contributed by atoms with E-state index in [0.29, 0.717) is 37.8 Å². The SMILES string of the molecule is O=C1NCCN(Cc2ccc(OCc3ccccc3)c(OCc3ccccc3)c2)C1c1ccccc1. The molecule has 0 aromatic heterocycles. The van der Waals surface area contributed by atoms with Gasteiger partial charge >= 0.3 is 0 Å². The second-order valence-corrected chi connectivity index (χ2v) is 8.90. The normalized spacial score (nSPS) is 15.8. The first kappa shape index (κ1) is 23.6. The van der Waals surface area contributed by atoms with Crippen molar-refractivity contribution in [2.75, 3.05) is 13.1 Å². The van der Waals surface area contributed by atoms with E-state index in [1.807, 2.05) is 103 Å². The molecule has 4 aromatic carbocycles. The van der Waals surface area contributed by atoms with Crippen LogP contribution in [0, 0.1) is 0 Å². The van der Waals surface area contributed by atoms with Crippen molar-refractivity contribution in [2.45, 2.75) is 25.8 Å². The lowest BCUT2D eigenvalue weighted by molar-refractivity contribution is -0.129. The smallest absolute Gasteiger partial charge is 0.242 e. The van der Waals surface area contributed by atoms with Crippen LogP contribution >= 0.6 is 0 Å². The van der Waals surface area contributed by atoms with E-state index in [9.17, 15) is 4.79 Å². The fourth-order valence-electron chi connectivity index (χ4n) is 4.47. The third-order valence-electron chi connectivity index (χ3n) is 6.30. The topological polar surface area (TPSA) is 50.8 Å². The lowest BCUT2D eigenvalue weighted by atomic mass is 10.0. The van der Waals surface area contributed by atoms with E-state index in [1.54, 1.807) is 0 Å². The van der Waals surface area contributed by atoms with E-state index in [4.69, 9.17) is 9.47 Å². The Morgan fingerprint density at radius 2 is 1.28 bits per heavy atom. The minimum Gasteiger partial charge on any atom is -0.485 e. The van der Waals surface area contributed by atoms with Gasteiger partial charge in [0.15, 0.2) is 11.5 Å². The summed E-state index contributed by atoms with van der Waals surface area (Å²) in [6, 6.07) is 35.9. The lowest BCUT2D eigenvalue weighted by Gasteiger charge is -2.35. The van der Waals surface area contributed by atoms with Crippen molar-refractivity contribution in [3.8, 4) is 11.5 Å². The summed E-state index contributed by atoms with van der Waals surface area (Å²) >= 11 is 0. The monoisotopic (exact) mass is 478 g/mol. The summed E-state index contributed by atoms with van der Waals surface area (Å²) < 4.78 is 12.4. The van der Waals surface area contributed by atoms with Crippen LogP contribution in [0.25, 0.3) is 0 Å².